The van der Waals surface area contributed by atoms with E-state index >= 15 is 0 Å². The Hall–Kier alpha value is -0.860. The van der Waals surface area contributed by atoms with Crippen LogP contribution < -0.4 is 0 Å². The average Bonchev–Trinajstić information content (AvgIpc) is 2.29. The van der Waals surface area contributed by atoms with Gasteiger partial charge in [0.2, 0.25) is 0 Å². The first kappa shape index (κ1) is 12.6. The van der Waals surface area contributed by atoms with Gasteiger partial charge < -0.3 is 5.11 Å². The zero-order valence-electron chi connectivity index (χ0n) is 9.90. The number of nitrogens with zero attached hydrogens (tertiary/aromatic N) is 1. The molecule has 0 fully saturated rings. The zero-order chi connectivity index (χ0) is 12.1. The fourth-order valence-electron chi connectivity index (χ4n) is 2.20. The predicted molar refractivity (Wildman–Crippen MR) is 70.0 cm³/mol. The molecule has 0 bridgehead atoms. The van der Waals surface area contributed by atoms with Gasteiger partial charge in [-0.15, -0.1) is 0 Å². The fraction of sp³-hybridized carbons (Fsp3) is 0.500. The summed E-state index contributed by atoms with van der Waals surface area (Å²) in [6, 6.07) is 3.57. The van der Waals surface area contributed by atoms with E-state index in [-0.39, 0.29) is 0 Å². The summed E-state index contributed by atoms with van der Waals surface area (Å²) in [4.78, 5) is 4.18. The first-order valence-corrected chi connectivity index (χ1v) is 6.63. The van der Waals surface area contributed by atoms with E-state index in [2.05, 4.69) is 11.1 Å². The topological polar surface area (TPSA) is 33.1 Å². The number of aliphatic hydroxyl groups excluding tert-OH is 1. The van der Waals surface area contributed by atoms with Crippen LogP contribution in [0.5, 0.6) is 0 Å². The van der Waals surface area contributed by atoms with Gasteiger partial charge >= 0.3 is 0 Å². The van der Waals surface area contributed by atoms with E-state index in [0.717, 1.165) is 24.8 Å². The van der Waals surface area contributed by atoms with E-state index < -0.39 is 6.10 Å². The number of rotatable bonds is 2. The molecule has 1 aromatic rings. The lowest BCUT2D eigenvalue weighted by Gasteiger charge is -2.17. The van der Waals surface area contributed by atoms with Crippen molar-refractivity contribution in [3.63, 3.8) is 0 Å². The molecule has 3 heteroatoms. The lowest BCUT2D eigenvalue weighted by Crippen LogP contribution is -2.05. The van der Waals surface area contributed by atoms with Crippen molar-refractivity contribution in [3.8, 4) is 0 Å². The molecule has 92 valence electrons. The van der Waals surface area contributed by atoms with E-state index in [4.69, 9.17) is 11.6 Å². The molecule has 0 radical (unpaired) electrons. The normalized spacial score (nSPS) is 22.1. The Morgan fingerprint density at radius 2 is 2.00 bits per heavy atom. The Kier molecular flexibility index (Phi) is 4.57. The van der Waals surface area contributed by atoms with Crippen molar-refractivity contribution < 1.29 is 5.11 Å². The van der Waals surface area contributed by atoms with Crippen LogP contribution in [-0.4, -0.2) is 10.1 Å². The molecule has 0 saturated heterocycles. The van der Waals surface area contributed by atoms with E-state index in [1.54, 1.807) is 18.3 Å². The van der Waals surface area contributed by atoms with Crippen molar-refractivity contribution >= 4 is 11.6 Å². The molecule has 1 aliphatic carbocycles. The molecule has 1 heterocycles. The third-order valence-electron chi connectivity index (χ3n) is 3.21. The maximum Gasteiger partial charge on any atom is 0.117 e. The Bertz CT molecular complexity index is 386. The lowest BCUT2D eigenvalue weighted by molar-refractivity contribution is 0.204. The van der Waals surface area contributed by atoms with Crippen LogP contribution in [0.1, 0.15) is 50.3 Å². The van der Waals surface area contributed by atoms with Gasteiger partial charge in [-0.25, -0.2) is 0 Å². The molecular formula is C14H18ClNO. The van der Waals surface area contributed by atoms with Crippen molar-refractivity contribution in [1.82, 2.24) is 4.98 Å². The van der Waals surface area contributed by atoms with Crippen molar-refractivity contribution in [1.29, 1.82) is 0 Å². The number of aromatic nitrogens is 1. The Labute approximate surface area is 107 Å². The van der Waals surface area contributed by atoms with Gasteiger partial charge in [-0.3, -0.25) is 4.98 Å². The number of allylic oxidation sites excluding steroid dienone is 1. The van der Waals surface area contributed by atoms with Crippen LogP contribution in [0.3, 0.4) is 0 Å². The van der Waals surface area contributed by atoms with Crippen LogP contribution in [0, 0.1) is 0 Å². The standard InChI is InChI=1S/C14H18ClNO/c15-12-8-9-13(16-10-12)14(17)11-6-4-2-1-3-5-7-11/h6,8-10,14,17H,1-5,7H2/b11-6+. The van der Waals surface area contributed by atoms with Crippen molar-refractivity contribution in [2.24, 2.45) is 0 Å². The summed E-state index contributed by atoms with van der Waals surface area (Å²) in [5.41, 5.74) is 1.81. The number of pyridine rings is 1. The minimum Gasteiger partial charge on any atom is -0.382 e. The third-order valence-corrected chi connectivity index (χ3v) is 3.43. The predicted octanol–water partition coefficient (Wildman–Crippen LogP) is 4.05. The smallest absolute Gasteiger partial charge is 0.117 e. The maximum atomic E-state index is 10.3. The Morgan fingerprint density at radius 1 is 1.18 bits per heavy atom. The summed E-state index contributed by atoms with van der Waals surface area (Å²) >= 11 is 5.79. The van der Waals surface area contributed by atoms with Crippen LogP contribution in [0.2, 0.25) is 5.02 Å². The Morgan fingerprint density at radius 3 is 2.76 bits per heavy atom. The van der Waals surface area contributed by atoms with E-state index in [9.17, 15) is 5.11 Å². The summed E-state index contributed by atoms with van der Waals surface area (Å²) in [5.74, 6) is 0. The number of hydrogen-bond donors (Lipinski definition) is 1. The summed E-state index contributed by atoms with van der Waals surface area (Å²) in [7, 11) is 0. The summed E-state index contributed by atoms with van der Waals surface area (Å²) in [5, 5.41) is 10.9. The van der Waals surface area contributed by atoms with Crippen molar-refractivity contribution in [3.05, 3.63) is 40.7 Å². The molecule has 0 aromatic carbocycles. The van der Waals surface area contributed by atoms with Crippen LogP contribution >= 0.6 is 11.6 Å². The molecular weight excluding hydrogens is 234 g/mol. The zero-order valence-corrected chi connectivity index (χ0v) is 10.7. The summed E-state index contributed by atoms with van der Waals surface area (Å²) in [6.45, 7) is 0. The molecule has 1 aliphatic rings. The molecule has 1 N–H and O–H groups in total. The van der Waals surface area contributed by atoms with E-state index in [1.807, 2.05) is 0 Å². The van der Waals surface area contributed by atoms with Crippen LogP contribution in [0.4, 0.5) is 0 Å². The molecule has 17 heavy (non-hydrogen) atoms. The second kappa shape index (κ2) is 6.18. The van der Waals surface area contributed by atoms with Crippen molar-refractivity contribution in [2.75, 3.05) is 0 Å². The highest BCUT2D eigenvalue weighted by molar-refractivity contribution is 6.30. The second-order valence-corrected chi connectivity index (χ2v) is 4.97. The second-order valence-electron chi connectivity index (χ2n) is 4.54. The van der Waals surface area contributed by atoms with Gasteiger partial charge in [-0.05, 0) is 43.4 Å². The van der Waals surface area contributed by atoms with E-state index in [0.29, 0.717) is 10.7 Å². The molecule has 0 saturated carbocycles. The Balaban J connectivity index is 2.11. The fourth-order valence-corrected chi connectivity index (χ4v) is 2.32. The van der Waals surface area contributed by atoms with Gasteiger partial charge in [0.1, 0.15) is 6.10 Å². The number of hydrogen-bond acceptors (Lipinski definition) is 2. The van der Waals surface area contributed by atoms with Gasteiger partial charge in [0.15, 0.2) is 0 Å². The van der Waals surface area contributed by atoms with Crippen LogP contribution in [0.15, 0.2) is 30.0 Å². The number of aliphatic hydroxyl groups is 1. The molecule has 0 aliphatic heterocycles. The van der Waals surface area contributed by atoms with Gasteiger partial charge in [0.25, 0.3) is 0 Å². The minimum atomic E-state index is -0.564. The van der Waals surface area contributed by atoms with Gasteiger partial charge in [-0.2, -0.15) is 0 Å². The average molecular weight is 252 g/mol. The highest BCUT2D eigenvalue weighted by Gasteiger charge is 2.15. The largest absolute Gasteiger partial charge is 0.382 e. The minimum absolute atomic E-state index is 0.564. The highest BCUT2D eigenvalue weighted by Crippen LogP contribution is 2.27. The molecule has 1 unspecified atom stereocenters. The first-order valence-electron chi connectivity index (χ1n) is 6.26. The molecule has 0 spiro atoms. The van der Waals surface area contributed by atoms with Crippen LogP contribution in [-0.2, 0) is 0 Å². The molecule has 2 rings (SSSR count). The van der Waals surface area contributed by atoms with Gasteiger partial charge in [-0.1, -0.05) is 30.5 Å². The van der Waals surface area contributed by atoms with Crippen LogP contribution in [0.25, 0.3) is 0 Å². The van der Waals surface area contributed by atoms with Gasteiger partial charge in [0.05, 0.1) is 10.7 Å². The molecule has 0 amide bonds. The third kappa shape index (κ3) is 3.55. The van der Waals surface area contributed by atoms with E-state index in [1.165, 1.54) is 19.3 Å². The van der Waals surface area contributed by atoms with Crippen molar-refractivity contribution in [2.45, 2.75) is 44.6 Å². The summed E-state index contributed by atoms with van der Waals surface area (Å²) in [6.07, 6.45) is 10.2. The first-order chi connectivity index (χ1) is 8.27. The molecule has 1 aromatic heterocycles. The lowest BCUT2D eigenvalue weighted by atomic mass is 9.95. The molecule has 1 atom stereocenters. The highest BCUT2D eigenvalue weighted by atomic mass is 35.5. The monoisotopic (exact) mass is 251 g/mol. The summed E-state index contributed by atoms with van der Waals surface area (Å²) < 4.78 is 0. The molecule has 2 nitrogen and oxygen atoms in total. The van der Waals surface area contributed by atoms with Gasteiger partial charge in [0, 0.05) is 6.20 Å². The SMILES string of the molecule is OC(/C1=C/CCCCCC1)c1ccc(Cl)cn1. The quantitative estimate of drug-likeness (QED) is 0.805. The number of halogens is 1. The maximum absolute atomic E-state index is 10.3.